The summed E-state index contributed by atoms with van der Waals surface area (Å²) in [4.78, 5) is 0. The van der Waals surface area contributed by atoms with Crippen molar-refractivity contribution in [3.8, 4) is 11.1 Å². The van der Waals surface area contributed by atoms with Gasteiger partial charge in [0, 0.05) is 18.3 Å². The molecule has 0 bridgehead atoms. The number of rotatable bonds is 7. The van der Waals surface area contributed by atoms with Crippen LogP contribution in [0.4, 0.5) is 0 Å². The Kier molecular flexibility index (Phi) is 6.16. The van der Waals surface area contributed by atoms with Gasteiger partial charge in [-0.1, -0.05) is 61.5 Å². The molecular formula is C18H23NS. The van der Waals surface area contributed by atoms with Gasteiger partial charge in [-0.05, 0) is 29.4 Å². The molecule has 0 saturated carbocycles. The Morgan fingerprint density at radius 3 is 2.20 bits per heavy atom. The van der Waals surface area contributed by atoms with Gasteiger partial charge in [0.15, 0.2) is 0 Å². The van der Waals surface area contributed by atoms with Gasteiger partial charge >= 0.3 is 0 Å². The van der Waals surface area contributed by atoms with Crippen molar-refractivity contribution in [2.24, 2.45) is 0 Å². The zero-order valence-electron chi connectivity index (χ0n) is 12.3. The fourth-order valence-electron chi connectivity index (χ4n) is 2.23. The Morgan fingerprint density at radius 2 is 1.60 bits per heavy atom. The Labute approximate surface area is 126 Å². The minimum absolute atomic E-state index is 0.610. The highest BCUT2D eigenvalue weighted by atomic mass is 32.2. The fourth-order valence-corrected chi connectivity index (χ4v) is 2.99. The molecule has 1 nitrogen and oxygen atoms in total. The zero-order chi connectivity index (χ0) is 14.2. The maximum atomic E-state index is 3.63. The van der Waals surface area contributed by atoms with Gasteiger partial charge in [0.1, 0.15) is 0 Å². The predicted molar refractivity (Wildman–Crippen MR) is 91.2 cm³/mol. The van der Waals surface area contributed by atoms with E-state index in [4.69, 9.17) is 0 Å². The monoisotopic (exact) mass is 285 g/mol. The lowest BCUT2D eigenvalue weighted by Gasteiger charge is -2.15. The van der Waals surface area contributed by atoms with Crippen LogP contribution in [-0.4, -0.2) is 18.1 Å². The summed E-state index contributed by atoms with van der Waals surface area (Å²) in [6.45, 7) is 3.19. The maximum Gasteiger partial charge on any atom is 0.0208 e. The van der Waals surface area contributed by atoms with Crippen molar-refractivity contribution in [3.05, 3.63) is 60.2 Å². The van der Waals surface area contributed by atoms with Gasteiger partial charge in [0.2, 0.25) is 0 Å². The summed E-state index contributed by atoms with van der Waals surface area (Å²) in [6, 6.07) is 20.0. The first-order chi connectivity index (χ1) is 9.83. The maximum absolute atomic E-state index is 3.63. The summed E-state index contributed by atoms with van der Waals surface area (Å²) in [6.07, 6.45) is 3.35. The van der Waals surface area contributed by atoms with Crippen LogP contribution in [0.5, 0.6) is 0 Å². The Bertz CT molecular complexity index is 493. The Hall–Kier alpha value is -1.25. The molecule has 0 aliphatic carbocycles. The van der Waals surface area contributed by atoms with E-state index in [1.165, 1.54) is 28.9 Å². The molecule has 2 heteroatoms. The molecule has 0 amide bonds. The van der Waals surface area contributed by atoms with E-state index in [-0.39, 0.29) is 0 Å². The quantitative estimate of drug-likeness (QED) is 0.799. The zero-order valence-corrected chi connectivity index (χ0v) is 13.1. The van der Waals surface area contributed by atoms with E-state index in [2.05, 4.69) is 73.1 Å². The molecule has 106 valence electrons. The van der Waals surface area contributed by atoms with E-state index < -0.39 is 0 Å². The first-order valence-corrected chi connectivity index (χ1v) is 8.59. The molecule has 1 unspecified atom stereocenters. The van der Waals surface area contributed by atoms with Gasteiger partial charge < -0.3 is 5.32 Å². The second-order valence-electron chi connectivity index (χ2n) is 5.00. The second-order valence-corrected chi connectivity index (χ2v) is 5.92. The van der Waals surface area contributed by atoms with Crippen LogP contribution < -0.4 is 5.32 Å². The lowest BCUT2D eigenvalue weighted by molar-refractivity contribution is 0.541. The third kappa shape index (κ3) is 4.39. The summed E-state index contributed by atoms with van der Waals surface area (Å²) >= 11 is 1.91. The molecule has 1 N–H and O–H groups in total. The van der Waals surface area contributed by atoms with E-state index >= 15 is 0 Å². The number of hydrogen-bond acceptors (Lipinski definition) is 2. The summed E-state index contributed by atoms with van der Waals surface area (Å²) in [5.41, 5.74) is 3.91. The van der Waals surface area contributed by atoms with Crippen LogP contribution in [-0.2, 0) is 6.54 Å². The molecule has 0 fully saturated rings. The minimum Gasteiger partial charge on any atom is -0.309 e. The average Bonchev–Trinajstić information content (AvgIpc) is 2.53. The molecule has 0 aromatic heterocycles. The van der Waals surface area contributed by atoms with Crippen LogP contribution in [0.2, 0.25) is 0 Å². The van der Waals surface area contributed by atoms with Crippen LogP contribution in [0.15, 0.2) is 54.6 Å². The predicted octanol–water partition coefficient (Wildman–Crippen LogP) is 4.58. The van der Waals surface area contributed by atoms with Crippen LogP contribution in [0.1, 0.15) is 18.9 Å². The third-order valence-electron chi connectivity index (χ3n) is 3.52. The highest BCUT2D eigenvalue weighted by Crippen LogP contribution is 2.19. The van der Waals surface area contributed by atoms with Crippen molar-refractivity contribution in [1.82, 2.24) is 5.32 Å². The summed E-state index contributed by atoms with van der Waals surface area (Å²) in [5.74, 6) is 1.18. The standard InChI is InChI=1S/C18H23NS/c1-3-18(14-20-2)19-13-15-9-11-17(12-10-15)16-7-5-4-6-8-16/h4-12,18-19H,3,13-14H2,1-2H3. The molecule has 0 aliphatic rings. The SMILES string of the molecule is CCC(CSC)NCc1ccc(-c2ccccc2)cc1. The van der Waals surface area contributed by atoms with Crippen molar-refractivity contribution >= 4 is 11.8 Å². The second kappa shape index (κ2) is 8.13. The molecule has 0 saturated heterocycles. The van der Waals surface area contributed by atoms with E-state index in [1.807, 2.05) is 11.8 Å². The number of hydrogen-bond donors (Lipinski definition) is 1. The topological polar surface area (TPSA) is 12.0 Å². The van der Waals surface area contributed by atoms with Crippen LogP contribution in [0.25, 0.3) is 11.1 Å². The molecule has 2 aromatic rings. The van der Waals surface area contributed by atoms with Crippen molar-refractivity contribution < 1.29 is 0 Å². The van der Waals surface area contributed by atoms with Crippen molar-refractivity contribution in [2.75, 3.05) is 12.0 Å². The van der Waals surface area contributed by atoms with Crippen molar-refractivity contribution in [2.45, 2.75) is 25.9 Å². The highest BCUT2D eigenvalue weighted by Gasteiger charge is 2.04. The van der Waals surface area contributed by atoms with Gasteiger partial charge in [-0.3, -0.25) is 0 Å². The third-order valence-corrected chi connectivity index (χ3v) is 4.25. The van der Waals surface area contributed by atoms with Crippen molar-refractivity contribution in [1.29, 1.82) is 0 Å². The lowest BCUT2D eigenvalue weighted by Crippen LogP contribution is -2.30. The van der Waals surface area contributed by atoms with Crippen LogP contribution >= 0.6 is 11.8 Å². The number of nitrogens with one attached hydrogen (secondary N) is 1. The molecule has 1 atom stereocenters. The Balaban J connectivity index is 1.95. The molecule has 2 aromatic carbocycles. The van der Waals surface area contributed by atoms with Crippen molar-refractivity contribution in [3.63, 3.8) is 0 Å². The minimum atomic E-state index is 0.610. The molecule has 0 radical (unpaired) electrons. The van der Waals surface area contributed by atoms with Crippen LogP contribution in [0.3, 0.4) is 0 Å². The fraction of sp³-hybridized carbons (Fsp3) is 0.333. The first-order valence-electron chi connectivity index (χ1n) is 7.20. The normalized spacial score (nSPS) is 12.3. The number of benzene rings is 2. The van der Waals surface area contributed by atoms with Gasteiger partial charge in [-0.2, -0.15) is 11.8 Å². The molecule has 20 heavy (non-hydrogen) atoms. The van der Waals surface area contributed by atoms with Gasteiger partial charge in [-0.15, -0.1) is 0 Å². The van der Waals surface area contributed by atoms with E-state index in [0.717, 1.165) is 6.54 Å². The van der Waals surface area contributed by atoms with E-state index in [1.54, 1.807) is 0 Å². The van der Waals surface area contributed by atoms with Gasteiger partial charge in [-0.25, -0.2) is 0 Å². The molecular weight excluding hydrogens is 262 g/mol. The van der Waals surface area contributed by atoms with E-state index in [9.17, 15) is 0 Å². The van der Waals surface area contributed by atoms with Gasteiger partial charge in [0.05, 0.1) is 0 Å². The first kappa shape index (κ1) is 15.1. The van der Waals surface area contributed by atoms with E-state index in [0.29, 0.717) is 6.04 Å². The van der Waals surface area contributed by atoms with Crippen LogP contribution in [0, 0.1) is 0 Å². The number of thioether (sulfide) groups is 1. The summed E-state index contributed by atoms with van der Waals surface area (Å²) < 4.78 is 0. The Morgan fingerprint density at radius 1 is 0.950 bits per heavy atom. The molecule has 0 heterocycles. The molecule has 2 rings (SSSR count). The average molecular weight is 285 g/mol. The molecule has 0 spiro atoms. The summed E-state index contributed by atoms with van der Waals surface area (Å²) in [7, 11) is 0. The largest absolute Gasteiger partial charge is 0.309 e. The smallest absolute Gasteiger partial charge is 0.0208 e. The summed E-state index contributed by atoms with van der Waals surface area (Å²) in [5, 5.41) is 3.63. The molecule has 0 aliphatic heterocycles. The van der Waals surface area contributed by atoms with Gasteiger partial charge in [0.25, 0.3) is 0 Å². The highest BCUT2D eigenvalue weighted by molar-refractivity contribution is 7.98. The lowest BCUT2D eigenvalue weighted by atomic mass is 10.0.